The summed E-state index contributed by atoms with van der Waals surface area (Å²) in [4.78, 5) is 0. The number of nitrogens with one attached hydrogen (secondary N) is 1. The van der Waals surface area contributed by atoms with Crippen LogP contribution in [0.3, 0.4) is 0 Å². The van der Waals surface area contributed by atoms with Crippen LogP contribution in [0.5, 0.6) is 0 Å². The minimum atomic E-state index is 0.466. The van der Waals surface area contributed by atoms with Crippen molar-refractivity contribution >= 4 is 6.08 Å². The first-order chi connectivity index (χ1) is 8.34. The number of rotatable bonds is 1. The van der Waals surface area contributed by atoms with Crippen molar-refractivity contribution in [3.8, 4) is 0 Å². The van der Waals surface area contributed by atoms with E-state index in [1.807, 2.05) is 0 Å². The van der Waals surface area contributed by atoms with Crippen LogP contribution < -0.4 is 5.32 Å². The third-order valence-corrected chi connectivity index (χ3v) is 4.20. The van der Waals surface area contributed by atoms with E-state index in [2.05, 4.69) is 42.6 Å². The average molecular weight is 227 g/mol. The van der Waals surface area contributed by atoms with Crippen LogP contribution in [0.15, 0.2) is 30.0 Å². The van der Waals surface area contributed by atoms with Gasteiger partial charge in [-0.25, -0.2) is 0 Å². The summed E-state index contributed by atoms with van der Waals surface area (Å²) in [5.41, 5.74) is 4.34. The molecule has 1 aliphatic carbocycles. The smallest absolute Gasteiger partial charge is 0.0488 e. The summed E-state index contributed by atoms with van der Waals surface area (Å²) in [5.74, 6) is 0.777. The van der Waals surface area contributed by atoms with Crippen LogP contribution >= 0.6 is 0 Å². The van der Waals surface area contributed by atoms with Crippen molar-refractivity contribution in [1.29, 1.82) is 0 Å². The minimum absolute atomic E-state index is 0.466. The molecule has 1 atom stereocenters. The molecule has 0 bridgehead atoms. The van der Waals surface area contributed by atoms with Crippen LogP contribution in [-0.2, 0) is 0 Å². The third-order valence-electron chi connectivity index (χ3n) is 4.20. The summed E-state index contributed by atoms with van der Waals surface area (Å²) in [6.07, 6.45) is 9.35. The van der Waals surface area contributed by atoms with Gasteiger partial charge in [0.2, 0.25) is 0 Å². The Morgan fingerprint density at radius 3 is 2.65 bits per heavy atom. The number of benzene rings is 1. The van der Waals surface area contributed by atoms with Gasteiger partial charge in [-0.1, -0.05) is 43.5 Å². The Morgan fingerprint density at radius 1 is 1.06 bits per heavy atom. The van der Waals surface area contributed by atoms with Crippen molar-refractivity contribution in [2.75, 3.05) is 0 Å². The van der Waals surface area contributed by atoms with E-state index in [1.165, 1.54) is 48.9 Å². The molecule has 0 saturated heterocycles. The van der Waals surface area contributed by atoms with Crippen LogP contribution in [0.2, 0.25) is 0 Å². The molecule has 1 saturated carbocycles. The molecule has 2 aliphatic rings. The average Bonchev–Trinajstić information content (AvgIpc) is 2.40. The minimum Gasteiger partial charge on any atom is -0.382 e. The molecule has 0 radical (unpaired) electrons. The van der Waals surface area contributed by atoms with E-state index < -0.39 is 0 Å². The molecule has 90 valence electrons. The molecular weight excluding hydrogens is 206 g/mol. The summed E-state index contributed by atoms with van der Waals surface area (Å²) < 4.78 is 0. The molecule has 1 fully saturated rings. The van der Waals surface area contributed by atoms with Crippen LogP contribution in [0.1, 0.15) is 56.2 Å². The molecule has 0 aromatic heterocycles. The maximum atomic E-state index is 3.70. The summed E-state index contributed by atoms with van der Waals surface area (Å²) in [7, 11) is 0. The van der Waals surface area contributed by atoms with Crippen molar-refractivity contribution in [2.45, 2.75) is 45.1 Å². The summed E-state index contributed by atoms with van der Waals surface area (Å²) in [6, 6.07) is 9.23. The van der Waals surface area contributed by atoms with Gasteiger partial charge in [0.25, 0.3) is 0 Å². The highest BCUT2D eigenvalue weighted by molar-refractivity contribution is 5.60. The fourth-order valence-corrected chi connectivity index (χ4v) is 3.22. The fraction of sp³-hybridized carbons (Fsp3) is 0.500. The lowest BCUT2D eigenvalue weighted by Gasteiger charge is -2.32. The van der Waals surface area contributed by atoms with Gasteiger partial charge >= 0.3 is 0 Å². The zero-order valence-electron chi connectivity index (χ0n) is 10.6. The molecule has 1 heteroatoms. The second-order valence-electron chi connectivity index (χ2n) is 5.43. The maximum absolute atomic E-state index is 3.70. The van der Waals surface area contributed by atoms with Crippen LogP contribution in [0.25, 0.3) is 6.08 Å². The fourth-order valence-electron chi connectivity index (χ4n) is 3.22. The second-order valence-corrected chi connectivity index (χ2v) is 5.43. The normalized spacial score (nSPS) is 24.8. The number of allylic oxidation sites excluding steroid dienone is 1. The zero-order chi connectivity index (χ0) is 11.7. The van der Waals surface area contributed by atoms with Gasteiger partial charge in [0.05, 0.1) is 0 Å². The van der Waals surface area contributed by atoms with E-state index in [1.54, 1.807) is 0 Å². The van der Waals surface area contributed by atoms with Crippen molar-refractivity contribution < 1.29 is 0 Å². The van der Waals surface area contributed by atoms with Gasteiger partial charge in [-0.05, 0) is 42.9 Å². The van der Waals surface area contributed by atoms with Crippen molar-refractivity contribution in [3.63, 3.8) is 0 Å². The van der Waals surface area contributed by atoms with E-state index in [9.17, 15) is 0 Å². The Labute approximate surface area is 104 Å². The van der Waals surface area contributed by atoms with Crippen LogP contribution in [0, 0.1) is 5.92 Å². The first-order valence-corrected chi connectivity index (χ1v) is 6.91. The highest BCUT2D eigenvalue weighted by Crippen LogP contribution is 2.34. The molecule has 3 rings (SSSR count). The monoisotopic (exact) mass is 227 g/mol. The van der Waals surface area contributed by atoms with Crippen molar-refractivity contribution in [3.05, 3.63) is 41.1 Å². The van der Waals surface area contributed by atoms with E-state index in [0.29, 0.717) is 6.04 Å². The Morgan fingerprint density at radius 2 is 1.82 bits per heavy atom. The molecule has 1 aromatic carbocycles. The predicted octanol–water partition coefficient (Wildman–Crippen LogP) is 4.27. The first kappa shape index (κ1) is 10.9. The highest BCUT2D eigenvalue weighted by Gasteiger charge is 2.23. The van der Waals surface area contributed by atoms with Gasteiger partial charge in [0.1, 0.15) is 0 Å². The second kappa shape index (κ2) is 4.56. The largest absolute Gasteiger partial charge is 0.382 e. The lowest BCUT2D eigenvalue weighted by Crippen LogP contribution is -2.28. The Kier molecular flexibility index (Phi) is 2.92. The Hall–Kier alpha value is -1.24. The quantitative estimate of drug-likeness (QED) is 0.755. The molecule has 0 amide bonds. The molecule has 1 unspecified atom stereocenters. The SMILES string of the molecule is CC1NC(C2CCCCC2)=Cc2ccccc21. The van der Waals surface area contributed by atoms with Gasteiger partial charge in [-0.3, -0.25) is 0 Å². The summed E-state index contributed by atoms with van der Waals surface area (Å²) >= 11 is 0. The summed E-state index contributed by atoms with van der Waals surface area (Å²) in [5, 5.41) is 3.70. The number of hydrogen-bond donors (Lipinski definition) is 1. The molecule has 17 heavy (non-hydrogen) atoms. The van der Waals surface area contributed by atoms with Gasteiger partial charge in [0.15, 0.2) is 0 Å². The number of fused-ring (bicyclic) bond motifs is 1. The van der Waals surface area contributed by atoms with Crippen molar-refractivity contribution in [2.24, 2.45) is 5.92 Å². The number of hydrogen-bond acceptors (Lipinski definition) is 1. The van der Waals surface area contributed by atoms with Gasteiger partial charge in [-0.2, -0.15) is 0 Å². The lowest BCUT2D eigenvalue weighted by atomic mass is 9.84. The van der Waals surface area contributed by atoms with E-state index in [-0.39, 0.29) is 0 Å². The highest BCUT2D eigenvalue weighted by atomic mass is 14.9. The van der Waals surface area contributed by atoms with Crippen LogP contribution in [-0.4, -0.2) is 0 Å². The van der Waals surface area contributed by atoms with Gasteiger partial charge in [-0.15, -0.1) is 0 Å². The first-order valence-electron chi connectivity index (χ1n) is 6.91. The van der Waals surface area contributed by atoms with Gasteiger partial charge < -0.3 is 5.32 Å². The molecule has 1 aromatic rings. The van der Waals surface area contributed by atoms with E-state index in [4.69, 9.17) is 0 Å². The topological polar surface area (TPSA) is 12.0 Å². The standard InChI is InChI=1S/C16H21N/c1-12-15-10-6-5-9-14(15)11-16(17-12)13-7-3-2-4-8-13/h5-6,9-13,17H,2-4,7-8H2,1H3. The molecule has 1 heterocycles. The zero-order valence-corrected chi connectivity index (χ0v) is 10.6. The Balaban J connectivity index is 1.90. The maximum Gasteiger partial charge on any atom is 0.0488 e. The van der Waals surface area contributed by atoms with E-state index >= 15 is 0 Å². The predicted molar refractivity (Wildman–Crippen MR) is 72.5 cm³/mol. The van der Waals surface area contributed by atoms with Crippen molar-refractivity contribution in [1.82, 2.24) is 5.32 Å². The van der Waals surface area contributed by atoms with Crippen LogP contribution in [0.4, 0.5) is 0 Å². The molecule has 1 N–H and O–H groups in total. The molecular formula is C16H21N. The van der Waals surface area contributed by atoms with E-state index in [0.717, 1.165) is 5.92 Å². The van der Waals surface area contributed by atoms with Gasteiger partial charge in [0, 0.05) is 11.7 Å². The summed E-state index contributed by atoms with van der Waals surface area (Å²) in [6.45, 7) is 2.27. The third kappa shape index (κ3) is 2.11. The molecule has 1 aliphatic heterocycles. The lowest BCUT2D eigenvalue weighted by molar-refractivity contribution is 0.378. The Bertz CT molecular complexity index is 427. The molecule has 0 spiro atoms. The molecule has 1 nitrogen and oxygen atoms in total.